The van der Waals surface area contributed by atoms with Crippen LogP contribution in [0.2, 0.25) is 0 Å². The van der Waals surface area contributed by atoms with Crippen LogP contribution in [0.25, 0.3) is 0 Å². The highest BCUT2D eigenvalue weighted by atomic mass is 16.2. The lowest BCUT2D eigenvalue weighted by molar-refractivity contribution is -0.139. The molecule has 54 valence electrons. The molecule has 1 unspecified atom stereocenters. The third-order valence-corrected chi connectivity index (χ3v) is 1.19. The van der Waals surface area contributed by atoms with E-state index >= 15 is 0 Å². The number of nitrogens with one attached hydrogen (secondary N) is 2. The van der Waals surface area contributed by atoms with Gasteiger partial charge in [0, 0.05) is 0 Å². The minimum absolute atomic E-state index is 0.611. The van der Waals surface area contributed by atoms with Gasteiger partial charge in [-0.15, -0.1) is 0 Å². The van der Waals surface area contributed by atoms with Crippen LogP contribution in [-0.2, 0) is 9.59 Å². The minimum Gasteiger partial charge on any atom is -0.328 e. The quantitative estimate of drug-likeness (QED) is 0.416. The highest BCUT2D eigenvalue weighted by Crippen LogP contribution is 1.90. The van der Waals surface area contributed by atoms with Crippen molar-refractivity contribution in [2.45, 2.75) is 13.0 Å². The van der Waals surface area contributed by atoms with Crippen molar-refractivity contribution in [2.75, 3.05) is 0 Å². The van der Waals surface area contributed by atoms with Crippen molar-refractivity contribution in [3.63, 3.8) is 0 Å². The fourth-order valence-electron chi connectivity index (χ4n) is 0.660. The van der Waals surface area contributed by atoms with E-state index in [1.165, 1.54) is 6.92 Å². The maximum atomic E-state index is 10.6. The van der Waals surface area contributed by atoms with E-state index in [0.29, 0.717) is 0 Å². The molecule has 1 rings (SSSR count). The van der Waals surface area contributed by atoms with Crippen molar-refractivity contribution < 1.29 is 14.4 Å². The summed E-state index contributed by atoms with van der Waals surface area (Å²) >= 11 is 0. The molecular formula is C5H6N2O3. The summed E-state index contributed by atoms with van der Waals surface area (Å²) in [6, 6.07) is -1.31. The van der Waals surface area contributed by atoms with Crippen LogP contribution in [-0.4, -0.2) is 23.8 Å². The lowest BCUT2D eigenvalue weighted by Crippen LogP contribution is -2.57. The van der Waals surface area contributed by atoms with Crippen molar-refractivity contribution in [1.82, 2.24) is 10.6 Å². The molecule has 0 spiro atoms. The van der Waals surface area contributed by atoms with Crippen molar-refractivity contribution in [3.05, 3.63) is 0 Å². The second kappa shape index (κ2) is 2.09. The summed E-state index contributed by atoms with van der Waals surface area (Å²) < 4.78 is 0. The van der Waals surface area contributed by atoms with Crippen LogP contribution in [0.4, 0.5) is 4.79 Å². The number of carbonyl (C=O) groups excluding carboxylic acids is 3. The molecule has 10 heavy (non-hydrogen) atoms. The predicted molar refractivity (Wildman–Crippen MR) is 31.1 cm³/mol. The molecule has 5 nitrogen and oxygen atoms in total. The number of ketones is 1. The second-order valence-electron chi connectivity index (χ2n) is 2.01. The highest BCUT2D eigenvalue weighted by molar-refractivity contribution is 6.42. The first-order valence-electron chi connectivity index (χ1n) is 2.77. The van der Waals surface area contributed by atoms with Gasteiger partial charge in [-0.25, -0.2) is 4.79 Å². The Kier molecular flexibility index (Phi) is 1.41. The summed E-state index contributed by atoms with van der Waals surface area (Å²) in [5, 5.41) is 4.06. The SMILES string of the molecule is CC1NC(=O)NC(=O)C1=O. The van der Waals surface area contributed by atoms with Gasteiger partial charge in [-0.3, -0.25) is 14.9 Å². The van der Waals surface area contributed by atoms with Gasteiger partial charge in [0.1, 0.15) is 0 Å². The zero-order valence-electron chi connectivity index (χ0n) is 5.30. The lowest BCUT2D eigenvalue weighted by Gasteiger charge is -2.17. The minimum atomic E-state index is -0.837. The van der Waals surface area contributed by atoms with E-state index in [9.17, 15) is 14.4 Å². The van der Waals surface area contributed by atoms with Crippen LogP contribution >= 0.6 is 0 Å². The topological polar surface area (TPSA) is 75.3 Å². The highest BCUT2D eigenvalue weighted by Gasteiger charge is 2.29. The molecule has 3 amide bonds. The van der Waals surface area contributed by atoms with Gasteiger partial charge in [0.15, 0.2) is 0 Å². The van der Waals surface area contributed by atoms with Gasteiger partial charge in [0.25, 0.3) is 5.91 Å². The molecular weight excluding hydrogens is 136 g/mol. The molecule has 1 atom stereocenters. The first-order valence-corrected chi connectivity index (χ1v) is 2.77. The summed E-state index contributed by atoms with van der Waals surface area (Å²) in [7, 11) is 0. The van der Waals surface area contributed by atoms with Crippen molar-refractivity contribution in [1.29, 1.82) is 0 Å². The number of Topliss-reactive ketones (excluding diaryl/α,β-unsaturated/α-hetero) is 1. The number of hydrogen-bond donors (Lipinski definition) is 2. The fourth-order valence-corrected chi connectivity index (χ4v) is 0.660. The number of amides is 3. The molecule has 2 N–H and O–H groups in total. The van der Waals surface area contributed by atoms with Crippen LogP contribution in [0.3, 0.4) is 0 Å². The molecule has 0 aromatic rings. The Bertz CT molecular complexity index is 211. The zero-order valence-corrected chi connectivity index (χ0v) is 5.30. The summed E-state index contributed by atoms with van der Waals surface area (Å²) in [4.78, 5) is 31.6. The third-order valence-electron chi connectivity index (χ3n) is 1.19. The third kappa shape index (κ3) is 0.975. The number of carbonyl (C=O) groups is 3. The number of urea groups is 1. The molecule has 1 heterocycles. The first-order chi connectivity index (χ1) is 4.61. The molecule has 0 saturated carbocycles. The van der Waals surface area contributed by atoms with Crippen LogP contribution in [0.15, 0.2) is 0 Å². The maximum Gasteiger partial charge on any atom is 0.322 e. The number of imide groups is 1. The van der Waals surface area contributed by atoms with E-state index < -0.39 is 23.8 Å². The Balaban J connectivity index is 2.76. The van der Waals surface area contributed by atoms with Gasteiger partial charge in [-0.05, 0) is 6.92 Å². The molecule has 1 aliphatic heterocycles. The van der Waals surface area contributed by atoms with Gasteiger partial charge >= 0.3 is 6.03 Å². The molecule has 0 aliphatic carbocycles. The van der Waals surface area contributed by atoms with Crippen LogP contribution < -0.4 is 10.6 Å². The second-order valence-corrected chi connectivity index (χ2v) is 2.01. The Labute approximate surface area is 56.8 Å². The smallest absolute Gasteiger partial charge is 0.322 e. The van der Waals surface area contributed by atoms with E-state index in [1.54, 1.807) is 0 Å². The van der Waals surface area contributed by atoms with Crippen molar-refractivity contribution in [2.24, 2.45) is 0 Å². The number of rotatable bonds is 0. The van der Waals surface area contributed by atoms with Gasteiger partial charge < -0.3 is 5.32 Å². The molecule has 0 aromatic carbocycles. The van der Waals surface area contributed by atoms with Gasteiger partial charge in [0.2, 0.25) is 5.78 Å². The fraction of sp³-hybridized carbons (Fsp3) is 0.400. The molecule has 0 radical (unpaired) electrons. The van der Waals surface area contributed by atoms with E-state index in [0.717, 1.165) is 0 Å². The van der Waals surface area contributed by atoms with E-state index in [1.807, 2.05) is 5.32 Å². The maximum absolute atomic E-state index is 10.6. The first kappa shape index (κ1) is 6.73. The molecule has 1 saturated heterocycles. The average molecular weight is 142 g/mol. The van der Waals surface area contributed by atoms with Crippen molar-refractivity contribution in [3.8, 4) is 0 Å². The van der Waals surface area contributed by atoms with Gasteiger partial charge in [0.05, 0.1) is 6.04 Å². The Morgan fingerprint density at radius 1 is 1.30 bits per heavy atom. The normalized spacial score (nSPS) is 25.7. The Morgan fingerprint density at radius 2 is 1.90 bits per heavy atom. The largest absolute Gasteiger partial charge is 0.328 e. The van der Waals surface area contributed by atoms with E-state index in [-0.39, 0.29) is 0 Å². The van der Waals surface area contributed by atoms with Crippen LogP contribution in [0, 0.1) is 0 Å². The standard InChI is InChI=1S/C5H6N2O3/c1-2-3(8)4(9)7-5(10)6-2/h2H,1H3,(H2,6,7,9,10). The molecule has 0 aromatic heterocycles. The zero-order chi connectivity index (χ0) is 7.72. The Hall–Kier alpha value is -1.39. The van der Waals surface area contributed by atoms with Crippen molar-refractivity contribution >= 4 is 17.7 Å². The van der Waals surface area contributed by atoms with E-state index in [4.69, 9.17) is 0 Å². The predicted octanol–water partition coefficient (Wildman–Crippen LogP) is -1.22. The summed E-state index contributed by atoms with van der Waals surface area (Å²) in [5.41, 5.74) is 0. The van der Waals surface area contributed by atoms with Gasteiger partial charge in [-0.2, -0.15) is 0 Å². The molecule has 5 heteroatoms. The van der Waals surface area contributed by atoms with Gasteiger partial charge in [-0.1, -0.05) is 0 Å². The average Bonchev–Trinajstić information content (AvgIpc) is 1.82. The molecule has 1 aliphatic rings. The lowest BCUT2D eigenvalue weighted by atomic mass is 10.2. The number of hydrogen-bond acceptors (Lipinski definition) is 3. The molecule has 0 bridgehead atoms. The van der Waals surface area contributed by atoms with Crippen LogP contribution in [0.5, 0.6) is 0 Å². The Morgan fingerprint density at radius 3 is 2.40 bits per heavy atom. The molecule has 1 fully saturated rings. The monoisotopic (exact) mass is 142 g/mol. The summed E-state index contributed by atoms with van der Waals surface area (Å²) in [6.07, 6.45) is 0. The summed E-state index contributed by atoms with van der Waals surface area (Å²) in [5.74, 6) is -1.45. The summed E-state index contributed by atoms with van der Waals surface area (Å²) in [6.45, 7) is 1.46. The van der Waals surface area contributed by atoms with E-state index in [2.05, 4.69) is 5.32 Å². The van der Waals surface area contributed by atoms with Crippen LogP contribution in [0.1, 0.15) is 6.92 Å².